The van der Waals surface area contributed by atoms with E-state index in [2.05, 4.69) is 86.8 Å². The average molecular weight is 882 g/mol. The van der Waals surface area contributed by atoms with Crippen LogP contribution < -0.4 is 5.32 Å². The lowest BCUT2D eigenvalue weighted by atomic mass is 10.0. The molecule has 0 rings (SSSR count). The number of carbonyl (C=O) groups excluding carboxylic acids is 2. The molecular formula is C57H103NO5. The van der Waals surface area contributed by atoms with Crippen molar-refractivity contribution in [2.45, 2.75) is 283 Å². The Balaban J connectivity index is 4.60. The zero-order chi connectivity index (χ0) is 45.9. The number of aliphatic hydroxyl groups is 2. The van der Waals surface area contributed by atoms with E-state index in [1.165, 1.54) is 128 Å². The molecule has 0 aromatic rings. The Morgan fingerprint density at radius 1 is 0.476 bits per heavy atom. The van der Waals surface area contributed by atoms with Crippen LogP contribution in [0.4, 0.5) is 0 Å². The number of esters is 1. The van der Waals surface area contributed by atoms with Crippen molar-refractivity contribution in [3.63, 3.8) is 0 Å². The van der Waals surface area contributed by atoms with Gasteiger partial charge in [-0.15, -0.1) is 0 Å². The average Bonchev–Trinajstić information content (AvgIpc) is 3.28. The molecule has 0 aromatic heterocycles. The lowest BCUT2D eigenvalue weighted by Crippen LogP contribution is -2.46. The zero-order valence-corrected chi connectivity index (χ0v) is 41.7. The van der Waals surface area contributed by atoms with Gasteiger partial charge in [-0.3, -0.25) is 9.59 Å². The van der Waals surface area contributed by atoms with Gasteiger partial charge in [0.05, 0.1) is 25.2 Å². The highest BCUT2D eigenvalue weighted by Gasteiger charge is 2.24. The Bertz CT molecular complexity index is 1130. The third-order valence-corrected chi connectivity index (χ3v) is 12.1. The molecule has 3 N–H and O–H groups in total. The maximum absolute atomic E-state index is 13.2. The van der Waals surface area contributed by atoms with E-state index >= 15 is 0 Å². The second-order valence-electron chi connectivity index (χ2n) is 18.3. The molecule has 0 saturated carbocycles. The lowest BCUT2D eigenvalue weighted by molar-refractivity contribution is -0.151. The van der Waals surface area contributed by atoms with Gasteiger partial charge >= 0.3 is 5.97 Å². The van der Waals surface area contributed by atoms with Crippen molar-refractivity contribution < 1.29 is 24.5 Å². The van der Waals surface area contributed by atoms with Gasteiger partial charge in [0.15, 0.2) is 0 Å². The molecule has 0 heterocycles. The number of hydrogen-bond donors (Lipinski definition) is 3. The van der Waals surface area contributed by atoms with Crippen molar-refractivity contribution in [1.82, 2.24) is 5.32 Å². The molecule has 0 spiro atoms. The van der Waals surface area contributed by atoms with Crippen LogP contribution in [0.5, 0.6) is 0 Å². The van der Waals surface area contributed by atoms with Crippen molar-refractivity contribution >= 4 is 11.9 Å². The minimum absolute atomic E-state index is 0.0653. The fourth-order valence-electron chi connectivity index (χ4n) is 8.05. The fourth-order valence-corrected chi connectivity index (χ4v) is 8.05. The molecule has 3 unspecified atom stereocenters. The number of ether oxygens (including phenoxy) is 1. The summed E-state index contributed by atoms with van der Waals surface area (Å²) in [6.45, 7) is 6.36. The summed E-state index contributed by atoms with van der Waals surface area (Å²) in [6.07, 6.45) is 62.9. The highest BCUT2D eigenvalue weighted by Crippen LogP contribution is 2.18. The van der Waals surface area contributed by atoms with Gasteiger partial charge in [0.1, 0.15) is 6.10 Å². The summed E-state index contributed by atoms with van der Waals surface area (Å²) in [5.74, 6) is -0.505. The number of hydrogen-bond acceptors (Lipinski definition) is 5. The highest BCUT2D eigenvalue weighted by atomic mass is 16.5. The van der Waals surface area contributed by atoms with Gasteiger partial charge in [-0.1, -0.05) is 242 Å². The van der Waals surface area contributed by atoms with Crippen LogP contribution in [0.15, 0.2) is 60.8 Å². The first-order valence-corrected chi connectivity index (χ1v) is 27.0. The largest absolute Gasteiger partial charge is 0.462 e. The summed E-state index contributed by atoms with van der Waals surface area (Å²) < 4.78 is 5.93. The van der Waals surface area contributed by atoms with Gasteiger partial charge in [-0.25, -0.2) is 0 Å². The van der Waals surface area contributed by atoms with E-state index in [1.807, 2.05) is 0 Å². The molecule has 0 saturated heterocycles. The number of aliphatic hydroxyl groups excluding tert-OH is 2. The third-order valence-electron chi connectivity index (χ3n) is 12.1. The van der Waals surface area contributed by atoms with E-state index in [1.54, 1.807) is 0 Å². The van der Waals surface area contributed by atoms with E-state index < -0.39 is 18.2 Å². The van der Waals surface area contributed by atoms with Crippen LogP contribution in [0, 0.1) is 0 Å². The van der Waals surface area contributed by atoms with Gasteiger partial charge < -0.3 is 20.3 Å². The van der Waals surface area contributed by atoms with E-state index in [9.17, 15) is 19.8 Å². The summed E-state index contributed by atoms with van der Waals surface area (Å²) >= 11 is 0. The standard InChI is InChI=1S/C57H103NO5/c1-4-7-10-13-16-19-21-23-25-27-28-29-31-33-35-38-41-44-47-50-57(62)63-53(48-45-42-39-37-34-32-30-26-24-22-20-17-14-11-8-5-2)51-56(61)58-54(52-59)55(60)49-46-43-40-36-18-15-12-9-6-3/h7,10,16,19,23,25,28-29,33,35,53-55,59-60H,4-6,8-9,11-15,17-18,20-22,24,26-27,30-32,34,36-52H2,1-3H3,(H,58,61)/b10-7-,19-16-,25-23-,29-28-,35-33-. The van der Waals surface area contributed by atoms with Gasteiger partial charge in [0, 0.05) is 6.42 Å². The monoisotopic (exact) mass is 882 g/mol. The predicted octanol–water partition coefficient (Wildman–Crippen LogP) is 16.4. The second kappa shape index (κ2) is 50.6. The van der Waals surface area contributed by atoms with Crippen molar-refractivity contribution in [2.24, 2.45) is 0 Å². The molecular weight excluding hydrogens is 779 g/mol. The van der Waals surface area contributed by atoms with Gasteiger partial charge in [0.25, 0.3) is 0 Å². The molecule has 366 valence electrons. The number of carbonyl (C=O) groups is 2. The molecule has 1 amide bonds. The molecule has 63 heavy (non-hydrogen) atoms. The van der Waals surface area contributed by atoms with Crippen LogP contribution >= 0.6 is 0 Å². The minimum Gasteiger partial charge on any atom is -0.462 e. The van der Waals surface area contributed by atoms with Crippen LogP contribution in [0.25, 0.3) is 0 Å². The van der Waals surface area contributed by atoms with E-state index in [4.69, 9.17) is 4.74 Å². The quantitative estimate of drug-likeness (QED) is 0.0321. The first-order chi connectivity index (χ1) is 31.0. The summed E-state index contributed by atoms with van der Waals surface area (Å²) in [4.78, 5) is 26.2. The van der Waals surface area contributed by atoms with Crippen LogP contribution in [-0.2, 0) is 14.3 Å². The van der Waals surface area contributed by atoms with E-state index in [-0.39, 0.29) is 24.9 Å². The summed E-state index contributed by atoms with van der Waals surface area (Å²) in [5.41, 5.74) is 0. The van der Waals surface area contributed by atoms with Crippen LogP contribution in [0.1, 0.15) is 265 Å². The zero-order valence-electron chi connectivity index (χ0n) is 41.7. The van der Waals surface area contributed by atoms with Crippen molar-refractivity contribution in [3.8, 4) is 0 Å². The van der Waals surface area contributed by atoms with Gasteiger partial charge in [0.2, 0.25) is 5.91 Å². The topological polar surface area (TPSA) is 95.9 Å². The maximum Gasteiger partial charge on any atom is 0.306 e. The number of unbranched alkanes of at least 4 members (excludes halogenated alkanes) is 26. The smallest absolute Gasteiger partial charge is 0.306 e. The minimum atomic E-state index is -0.792. The normalized spacial score (nSPS) is 13.7. The summed E-state index contributed by atoms with van der Waals surface area (Å²) in [5, 5.41) is 23.7. The van der Waals surface area contributed by atoms with Crippen LogP contribution in [-0.4, -0.2) is 46.9 Å². The first-order valence-electron chi connectivity index (χ1n) is 27.0. The summed E-state index contributed by atoms with van der Waals surface area (Å²) in [7, 11) is 0. The fraction of sp³-hybridized carbons (Fsp3) is 0.789. The third kappa shape index (κ3) is 45.9. The maximum atomic E-state index is 13.2. The van der Waals surface area contributed by atoms with Gasteiger partial charge in [-0.2, -0.15) is 0 Å². The van der Waals surface area contributed by atoms with E-state index in [0.29, 0.717) is 19.3 Å². The number of nitrogens with one attached hydrogen (secondary N) is 1. The summed E-state index contributed by atoms with van der Waals surface area (Å²) in [6, 6.07) is -0.707. The number of allylic oxidation sites excluding steroid dienone is 10. The Labute approximate surface area is 390 Å². The molecule has 0 aromatic carbocycles. The molecule has 0 bridgehead atoms. The van der Waals surface area contributed by atoms with Crippen molar-refractivity contribution in [1.29, 1.82) is 0 Å². The molecule has 3 atom stereocenters. The Kier molecular flexibility index (Phi) is 48.6. The van der Waals surface area contributed by atoms with Crippen LogP contribution in [0.3, 0.4) is 0 Å². The Morgan fingerprint density at radius 2 is 0.857 bits per heavy atom. The molecule has 6 heteroatoms. The van der Waals surface area contributed by atoms with Crippen molar-refractivity contribution in [2.75, 3.05) is 6.61 Å². The Hall–Kier alpha value is -2.44. The molecule has 0 aliphatic carbocycles. The number of rotatable bonds is 48. The second-order valence-corrected chi connectivity index (χ2v) is 18.3. The Morgan fingerprint density at radius 3 is 1.29 bits per heavy atom. The van der Waals surface area contributed by atoms with Crippen molar-refractivity contribution in [3.05, 3.63) is 60.8 Å². The molecule has 0 aliphatic rings. The van der Waals surface area contributed by atoms with Crippen LogP contribution in [0.2, 0.25) is 0 Å². The molecule has 6 nitrogen and oxygen atoms in total. The molecule has 0 fully saturated rings. The first kappa shape index (κ1) is 60.6. The SMILES string of the molecule is CC/C=C\C/C=C\C/C=C\C/C=C\C/C=C\CCCCCC(=O)OC(CCCCCCCCCCCCCCCCCC)CC(=O)NC(CO)C(O)CCCCCCCCCCC. The lowest BCUT2D eigenvalue weighted by Gasteiger charge is -2.24. The molecule has 0 radical (unpaired) electrons. The molecule has 0 aliphatic heterocycles. The van der Waals surface area contributed by atoms with Gasteiger partial charge in [-0.05, 0) is 70.6 Å². The van der Waals surface area contributed by atoms with E-state index in [0.717, 1.165) is 89.9 Å². The highest BCUT2D eigenvalue weighted by molar-refractivity contribution is 5.77. The predicted molar refractivity (Wildman–Crippen MR) is 273 cm³/mol. The number of amides is 1.